The molecular weight excluding hydrogens is 192 g/mol. The average molecular weight is 211 g/mol. The summed E-state index contributed by atoms with van der Waals surface area (Å²) in [5, 5.41) is 1.01. The fourth-order valence-electron chi connectivity index (χ4n) is 0.330. The van der Waals surface area contributed by atoms with Crippen LogP contribution in [-0.4, -0.2) is 18.0 Å². The van der Waals surface area contributed by atoms with Gasteiger partial charge in [-0.05, 0) is 20.3 Å². The molecule has 2 heteroatoms. The zero-order valence-electron chi connectivity index (χ0n) is 7.70. The minimum Gasteiger partial charge on any atom is -0.379 e. The third kappa shape index (κ3) is 8.44. The zero-order valence-corrected chi connectivity index (χ0v) is 9.29. The molecule has 0 amide bonds. The highest BCUT2D eigenvalue weighted by Gasteiger charge is 2.13. The van der Waals surface area contributed by atoms with Crippen molar-refractivity contribution in [1.29, 1.82) is 0 Å². The van der Waals surface area contributed by atoms with Gasteiger partial charge in [0.05, 0.1) is 5.60 Å². The van der Waals surface area contributed by atoms with Crippen molar-refractivity contribution in [2.45, 2.75) is 39.7 Å². The van der Waals surface area contributed by atoms with E-state index < -0.39 is 0 Å². The lowest BCUT2D eigenvalue weighted by atomic mass is 10.1. The Labute approximate surface area is 73.3 Å². The lowest BCUT2D eigenvalue weighted by Gasteiger charge is -2.20. The van der Waals surface area contributed by atoms with Crippen LogP contribution in [0.5, 0.6) is 0 Å². The second-order valence-corrected chi connectivity index (χ2v) is 3.20. The van der Waals surface area contributed by atoms with Crippen LogP contribution >= 0.6 is 15.9 Å². The quantitative estimate of drug-likeness (QED) is 0.651. The first-order valence-electron chi connectivity index (χ1n) is 3.73. The van der Waals surface area contributed by atoms with Gasteiger partial charge in [-0.2, -0.15) is 0 Å². The van der Waals surface area contributed by atoms with E-state index in [-0.39, 0.29) is 5.60 Å². The molecule has 1 nitrogen and oxygen atoms in total. The van der Waals surface area contributed by atoms with Gasteiger partial charge in [-0.1, -0.05) is 29.8 Å². The summed E-state index contributed by atoms with van der Waals surface area (Å²) in [5.74, 6) is 0. The highest BCUT2D eigenvalue weighted by atomic mass is 79.9. The number of rotatable bonds is 3. The molecule has 0 aliphatic heterocycles. The Kier molecular flexibility index (Phi) is 9.86. The molecule has 0 radical (unpaired) electrons. The van der Waals surface area contributed by atoms with E-state index >= 15 is 0 Å². The predicted octanol–water partition coefficient (Wildman–Crippen LogP) is 3.22. The molecule has 0 spiro atoms. The fraction of sp³-hybridized carbons (Fsp3) is 1.00. The maximum absolute atomic E-state index is 5.15. The van der Waals surface area contributed by atoms with Crippen molar-refractivity contribution in [3.8, 4) is 0 Å². The van der Waals surface area contributed by atoms with Crippen LogP contribution in [0.2, 0.25) is 0 Å². The Balaban J connectivity index is 0. The molecule has 0 aromatic carbocycles. The molecule has 64 valence electrons. The van der Waals surface area contributed by atoms with Gasteiger partial charge in [0.25, 0.3) is 0 Å². The van der Waals surface area contributed by atoms with Crippen molar-refractivity contribution >= 4 is 15.9 Å². The molecule has 0 saturated carbocycles. The van der Waals surface area contributed by atoms with E-state index in [0.29, 0.717) is 0 Å². The monoisotopic (exact) mass is 210 g/mol. The Morgan fingerprint density at radius 3 is 1.80 bits per heavy atom. The summed E-state index contributed by atoms with van der Waals surface area (Å²) >= 11 is 3.35. The number of hydrogen-bond donors (Lipinski definition) is 0. The summed E-state index contributed by atoms with van der Waals surface area (Å²) in [4.78, 5) is 0. The number of ether oxygens (including phenoxy) is 1. The third-order valence-corrected chi connectivity index (χ3v) is 1.65. The van der Waals surface area contributed by atoms with E-state index in [0.717, 1.165) is 11.8 Å². The van der Waals surface area contributed by atoms with Gasteiger partial charge in [0.15, 0.2) is 0 Å². The number of alkyl halides is 1. The lowest BCUT2D eigenvalue weighted by Crippen LogP contribution is -2.22. The Bertz CT molecular complexity index is 62.3. The van der Waals surface area contributed by atoms with Gasteiger partial charge >= 0.3 is 0 Å². The summed E-state index contributed by atoms with van der Waals surface area (Å²) in [5.41, 5.74) is 0.0451. The van der Waals surface area contributed by atoms with Crippen molar-refractivity contribution < 1.29 is 4.74 Å². The highest BCUT2D eigenvalue weighted by Crippen LogP contribution is 2.13. The maximum atomic E-state index is 5.15. The standard InChI is InChI=1S/C6H13BrO.C2H6/c1-6(2,8-3)4-5-7;1-2/h4-5H2,1-3H3;1-2H3. The SMILES string of the molecule is CC.COC(C)(C)CCBr. The molecule has 0 aliphatic carbocycles. The first kappa shape index (κ1) is 13.1. The Morgan fingerprint density at radius 2 is 1.70 bits per heavy atom. The number of halogens is 1. The van der Waals surface area contributed by atoms with Gasteiger partial charge in [-0.25, -0.2) is 0 Å². The topological polar surface area (TPSA) is 9.23 Å². The molecule has 0 rings (SSSR count). The maximum Gasteiger partial charge on any atom is 0.0630 e. The van der Waals surface area contributed by atoms with Crippen LogP contribution in [0.3, 0.4) is 0 Å². The second-order valence-electron chi connectivity index (χ2n) is 2.40. The van der Waals surface area contributed by atoms with Crippen LogP contribution in [0.25, 0.3) is 0 Å². The molecule has 0 heterocycles. The summed E-state index contributed by atoms with van der Waals surface area (Å²) in [6, 6.07) is 0. The van der Waals surface area contributed by atoms with Gasteiger partial charge in [-0.3, -0.25) is 0 Å². The largest absolute Gasteiger partial charge is 0.379 e. The molecule has 0 unspecified atom stereocenters. The van der Waals surface area contributed by atoms with Crippen molar-refractivity contribution in [3.05, 3.63) is 0 Å². The van der Waals surface area contributed by atoms with Crippen LogP contribution in [0.15, 0.2) is 0 Å². The van der Waals surface area contributed by atoms with Gasteiger partial charge in [0, 0.05) is 12.4 Å². The minimum absolute atomic E-state index is 0.0451. The minimum atomic E-state index is 0.0451. The molecule has 0 aliphatic rings. The highest BCUT2D eigenvalue weighted by molar-refractivity contribution is 9.09. The van der Waals surface area contributed by atoms with E-state index in [9.17, 15) is 0 Å². The molecule has 0 fully saturated rings. The van der Waals surface area contributed by atoms with Crippen LogP contribution in [0.4, 0.5) is 0 Å². The molecule has 10 heavy (non-hydrogen) atoms. The first-order chi connectivity index (χ1) is 4.62. The molecule has 0 aromatic rings. The van der Waals surface area contributed by atoms with E-state index in [4.69, 9.17) is 4.74 Å². The van der Waals surface area contributed by atoms with Gasteiger partial charge < -0.3 is 4.74 Å². The summed E-state index contributed by atoms with van der Waals surface area (Å²) in [7, 11) is 1.74. The molecule has 0 N–H and O–H groups in total. The Hall–Kier alpha value is 0.440. The summed E-state index contributed by atoms with van der Waals surface area (Å²) in [6.45, 7) is 8.16. The van der Waals surface area contributed by atoms with Gasteiger partial charge in [-0.15, -0.1) is 0 Å². The smallest absolute Gasteiger partial charge is 0.0630 e. The summed E-state index contributed by atoms with van der Waals surface area (Å²) < 4.78 is 5.15. The lowest BCUT2D eigenvalue weighted by molar-refractivity contribution is 0.0209. The van der Waals surface area contributed by atoms with Crippen LogP contribution in [0, 0.1) is 0 Å². The van der Waals surface area contributed by atoms with Gasteiger partial charge in [0.2, 0.25) is 0 Å². The average Bonchev–Trinajstić information content (AvgIpc) is 1.93. The van der Waals surface area contributed by atoms with E-state index in [1.165, 1.54) is 0 Å². The Morgan fingerprint density at radius 1 is 1.30 bits per heavy atom. The normalized spacial score (nSPS) is 10.2. The van der Waals surface area contributed by atoms with Crippen molar-refractivity contribution in [2.24, 2.45) is 0 Å². The van der Waals surface area contributed by atoms with E-state index in [2.05, 4.69) is 29.8 Å². The predicted molar refractivity (Wildman–Crippen MR) is 50.8 cm³/mol. The summed E-state index contributed by atoms with van der Waals surface area (Å²) in [6.07, 6.45) is 1.06. The molecule has 0 saturated heterocycles. The van der Waals surface area contributed by atoms with Crippen LogP contribution in [-0.2, 0) is 4.74 Å². The van der Waals surface area contributed by atoms with E-state index in [1.54, 1.807) is 7.11 Å². The number of hydrogen-bond acceptors (Lipinski definition) is 1. The van der Waals surface area contributed by atoms with Crippen molar-refractivity contribution in [1.82, 2.24) is 0 Å². The molecule has 0 aromatic heterocycles. The van der Waals surface area contributed by atoms with Gasteiger partial charge in [0.1, 0.15) is 0 Å². The molecule has 0 bridgehead atoms. The first-order valence-corrected chi connectivity index (χ1v) is 4.85. The van der Waals surface area contributed by atoms with Crippen LogP contribution < -0.4 is 0 Å². The molecule has 0 atom stereocenters. The third-order valence-electron chi connectivity index (χ3n) is 1.25. The van der Waals surface area contributed by atoms with Crippen LogP contribution in [0.1, 0.15) is 34.1 Å². The second kappa shape index (κ2) is 7.55. The van der Waals surface area contributed by atoms with Crippen molar-refractivity contribution in [2.75, 3.05) is 12.4 Å². The molecular formula is C8H19BrO. The van der Waals surface area contributed by atoms with E-state index in [1.807, 2.05) is 13.8 Å². The van der Waals surface area contributed by atoms with Crippen molar-refractivity contribution in [3.63, 3.8) is 0 Å². The zero-order chi connectivity index (χ0) is 8.62. The fourth-order valence-corrected chi connectivity index (χ4v) is 1.28. The number of methoxy groups -OCH3 is 1.